The second-order valence-electron chi connectivity index (χ2n) is 9.30. The second-order valence-corrected chi connectivity index (χ2v) is 9.30. The smallest absolute Gasteiger partial charge is 0.407 e. The Balaban J connectivity index is 1.32. The van der Waals surface area contributed by atoms with E-state index in [0.29, 0.717) is 0 Å². The zero-order chi connectivity index (χ0) is 24.9. The van der Waals surface area contributed by atoms with Crippen LogP contribution in [-0.2, 0) is 19.1 Å². The number of carboxylic acids is 1. The molecule has 35 heavy (non-hydrogen) atoms. The minimum atomic E-state index is -1.15. The number of benzene rings is 2. The molecule has 4 atom stereocenters. The van der Waals surface area contributed by atoms with Gasteiger partial charge < -0.3 is 25.2 Å². The number of alkyl carbamates (subject to hydrolysis) is 1. The van der Waals surface area contributed by atoms with E-state index in [9.17, 15) is 19.5 Å². The quantitative estimate of drug-likeness (QED) is 0.504. The van der Waals surface area contributed by atoms with Gasteiger partial charge in [-0.05, 0) is 47.9 Å². The lowest BCUT2D eigenvalue weighted by Crippen LogP contribution is -2.49. The Labute approximate surface area is 205 Å². The normalized spacial score (nSPS) is 20.4. The van der Waals surface area contributed by atoms with E-state index in [4.69, 9.17) is 9.47 Å². The maximum absolute atomic E-state index is 12.7. The Kier molecular flexibility index (Phi) is 7.70. The molecule has 2 aromatic rings. The van der Waals surface area contributed by atoms with Gasteiger partial charge in [-0.3, -0.25) is 4.79 Å². The number of hydrogen-bond acceptors (Lipinski definition) is 5. The fraction of sp³-hybridized carbons (Fsp3) is 0.444. The molecule has 2 aromatic carbocycles. The molecular formula is C27H32N2O6. The summed E-state index contributed by atoms with van der Waals surface area (Å²) < 4.78 is 10.7. The molecule has 1 saturated carbocycles. The molecule has 0 aromatic heterocycles. The van der Waals surface area contributed by atoms with Crippen LogP contribution in [0.2, 0.25) is 0 Å². The Bertz CT molecular complexity index is 1040. The van der Waals surface area contributed by atoms with Crippen molar-refractivity contribution in [2.75, 3.05) is 13.7 Å². The van der Waals surface area contributed by atoms with Crippen molar-refractivity contribution >= 4 is 18.0 Å². The van der Waals surface area contributed by atoms with Crippen molar-refractivity contribution in [1.82, 2.24) is 10.6 Å². The molecule has 4 unspecified atom stereocenters. The third-order valence-electron chi connectivity index (χ3n) is 7.18. The van der Waals surface area contributed by atoms with Gasteiger partial charge in [0.2, 0.25) is 5.91 Å². The highest BCUT2D eigenvalue weighted by Crippen LogP contribution is 2.44. The summed E-state index contributed by atoms with van der Waals surface area (Å²) in [5, 5.41) is 14.8. The molecule has 2 aliphatic rings. The highest BCUT2D eigenvalue weighted by molar-refractivity contribution is 5.84. The Hall–Kier alpha value is -3.39. The fourth-order valence-corrected chi connectivity index (χ4v) is 5.25. The lowest BCUT2D eigenvalue weighted by Gasteiger charge is -2.24. The number of fused-ring (bicyclic) bond motifs is 3. The van der Waals surface area contributed by atoms with Gasteiger partial charge in [-0.1, -0.05) is 55.0 Å². The van der Waals surface area contributed by atoms with Crippen LogP contribution in [0.3, 0.4) is 0 Å². The number of aliphatic carboxylic acids is 1. The Morgan fingerprint density at radius 3 is 2.26 bits per heavy atom. The summed E-state index contributed by atoms with van der Waals surface area (Å²) >= 11 is 0. The molecule has 8 heteroatoms. The van der Waals surface area contributed by atoms with Crippen LogP contribution in [0.25, 0.3) is 11.1 Å². The van der Waals surface area contributed by atoms with Crippen LogP contribution in [0.15, 0.2) is 48.5 Å². The predicted octanol–water partition coefficient (Wildman–Crippen LogP) is 3.69. The first kappa shape index (κ1) is 24.7. The van der Waals surface area contributed by atoms with Gasteiger partial charge in [0.15, 0.2) is 6.04 Å². The minimum absolute atomic E-state index is 0.0194. The van der Waals surface area contributed by atoms with E-state index < -0.39 is 24.2 Å². The number of methoxy groups -OCH3 is 1. The summed E-state index contributed by atoms with van der Waals surface area (Å²) in [7, 11) is 1.40. The number of ether oxygens (including phenoxy) is 2. The monoisotopic (exact) mass is 480 g/mol. The number of rotatable bonds is 9. The number of carbonyl (C=O) groups excluding carboxylic acids is 2. The third kappa shape index (κ3) is 5.48. The van der Waals surface area contributed by atoms with Gasteiger partial charge in [-0.15, -0.1) is 0 Å². The first-order valence-corrected chi connectivity index (χ1v) is 12.1. The van der Waals surface area contributed by atoms with E-state index in [-0.39, 0.29) is 36.8 Å². The number of carbonyl (C=O) groups is 3. The molecule has 4 rings (SSSR count). The van der Waals surface area contributed by atoms with Gasteiger partial charge in [0.05, 0.1) is 6.10 Å². The van der Waals surface area contributed by atoms with Crippen LogP contribution in [0.4, 0.5) is 4.79 Å². The van der Waals surface area contributed by atoms with E-state index in [1.165, 1.54) is 18.2 Å². The maximum Gasteiger partial charge on any atom is 0.407 e. The minimum Gasteiger partial charge on any atom is -0.480 e. The zero-order valence-electron chi connectivity index (χ0n) is 20.0. The number of amides is 2. The number of nitrogens with one attached hydrogen (secondary N) is 2. The Morgan fingerprint density at radius 1 is 1.03 bits per heavy atom. The van der Waals surface area contributed by atoms with Crippen molar-refractivity contribution in [3.05, 3.63) is 59.7 Å². The van der Waals surface area contributed by atoms with Gasteiger partial charge in [-0.2, -0.15) is 0 Å². The average molecular weight is 481 g/mol. The van der Waals surface area contributed by atoms with E-state index in [1.807, 2.05) is 24.3 Å². The molecule has 2 amide bonds. The van der Waals surface area contributed by atoms with Crippen molar-refractivity contribution in [2.45, 2.75) is 56.7 Å². The van der Waals surface area contributed by atoms with Crippen LogP contribution in [-0.4, -0.2) is 55.0 Å². The molecule has 0 heterocycles. The molecule has 2 aliphatic carbocycles. The summed E-state index contributed by atoms with van der Waals surface area (Å²) in [6.07, 6.45) is 1.38. The van der Waals surface area contributed by atoms with Gasteiger partial charge in [0.1, 0.15) is 6.61 Å². The van der Waals surface area contributed by atoms with Crippen LogP contribution >= 0.6 is 0 Å². The van der Waals surface area contributed by atoms with Crippen LogP contribution in [0.5, 0.6) is 0 Å². The van der Waals surface area contributed by atoms with E-state index in [2.05, 4.69) is 34.9 Å². The zero-order valence-corrected chi connectivity index (χ0v) is 20.0. The van der Waals surface area contributed by atoms with Crippen molar-refractivity contribution < 1.29 is 29.0 Å². The first-order valence-electron chi connectivity index (χ1n) is 12.1. The lowest BCUT2D eigenvalue weighted by atomic mass is 9.98. The molecule has 0 aliphatic heterocycles. The summed E-state index contributed by atoms with van der Waals surface area (Å²) in [4.78, 5) is 36.7. The maximum atomic E-state index is 12.7. The Morgan fingerprint density at radius 2 is 1.66 bits per heavy atom. The van der Waals surface area contributed by atoms with Gasteiger partial charge in [0, 0.05) is 25.5 Å². The average Bonchev–Trinajstić information content (AvgIpc) is 3.42. The van der Waals surface area contributed by atoms with Crippen molar-refractivity contribution in [3.63, 3.8) is 0 Å². The molecule has 8 nitrogen and oxygen atoms in total. The van der Waals surface area contributed by atoms with Gasteiger partial charge >= 0.3 is 12.1 Å². The molecule has 0 saturated heterocycles. The number of carboxylic acid groups (broad SMARTS) is 1. The number of hydrogen-bond donors (Lipinski definition) is 3. The molecule has 0 spiro atoms. The van der Waals surface area contributed by atoms with Crippen LogP contribution < -0.4 is 10.6 Å². The highest BCUT2D eigenvalue weighted by atomic mass is 16.5. The fourth-order valence-electron chi connectivity index (χ4n) is 5.25. The predicted molar refractivity (Wildman–Crippen MR) is 130 cm³/mol. The van der Waals surface area contributed by atoms with Crippen molar-refractivity contribution in [3.8, 4) is 11.1 Å². The molecule has 1 fully saturated rings. The van der Waals surface area contributed by atoms with E-state index >= 15 is 0 Å². The van der Waals surface area contributed by atoms with Gasteiger partial charge in [-0.25, -0.2) is 9.59 Å². The standard InChI is InChI=1S/C27H32N2O6/c1-16(34-2)25(26(31)32)29-24(30)14-17-8-7-13-23(17)28-27(33)35-15-22-20-11-5-3-9-18(20)19-10-4-6-12-21(19)22/h3-6,9-12,16-17,22-23,25H,7-8,13-15H2,1-2H3,(H,28,33)(H,29,30)(H,31,32). The molecule has 186 valence electrons. The summed E-state index contributed by atoms with van der Waals surface area (Å²) in [6.45, 7) is 1.82. The summed E-state index contributed by atoms with van der Waals surface area (Å²) in [6, 6.07) is 15.0. The van der Waals surface area contributed by atoms with Crippen LogP contribution in [0, 0.1) is 5.92 Å². The highest BCUT2D eigenvalue weighted by Gasteiger charge is 2.34. The van der Waals surface area contributed by atoms with Crippen molar-refractivity contribution in [2.24, 2.45) is 5.92 Å². The van der Waals surface area contributed by atoms with Crippen molar-refractivity contribution in [1.29, 1.82) is 0 Å². The lowest BCUT2D eigenvalue weighted by molar-refractivity contribution is -0.145. The molecule has 0 bridgehead atoms. The van der Waals surface area contributed by atoms with E-state index in [1.54, 1.807) is 6.92 Å². The summed E-state index contributed by atoms with van der Waals surface area (Å²) in [5.74, 6) is -1.61. The molecule has 3 N–H and O–H groups in total. The largest absolute Gasteiger partial charge is 0.480 e. The first-order chi connectivity index (χ1) is 16.9. The SMILES string of the molecule is COC(C)C(NC(=O)CC1CCCC1NC(=O)OCC1c2ccccc2-c2ccccc21)C(=O)O. The molecule has 0 radical (unpaired) electrons. The third-order valence-corrected chi connectivity index (χ3v) is 7.18. The van der Waals surface area contributed by atoms with Crippen LogP contribution in [0.1, 0.15) is 49.7 Å². The van der Waals surface area contributed by atoms with Gasteiger partial charge in [0.25, 0.3) is 0 Å². The topological polar surface area (TPSA) is 114 Å². The second kappa shape index (κ2) is 10.9. The van der Waals surface area contributed by atoms with E-state index in [0.717, 1.165) is 30.4 Å². The summed E-state index contributed by atoms with van der Waals surface area (Å²) in [5.41, 5.74) is 4.63. The molecular weight excluding hydrogens is 448 g/mol.